The molecule has 2 N–H and O–H groups in total. The molecule has 19 heavy (non-hydrogen) atoms. The minimum atomic E-state index is 0.467. The van der Waals surface area contributed by atoms with Crippen LogP contribution in [0, 0.1) is 25.2 Å². The Labute approximate surface area is 113 Å². The van der Waals surface area contributed by atoms with E-state index in [1.165, 1.54) is 0 Å². The zero-order valence-electron chi connectivity index (χ0n) is 11.1. The minimum absolute atomic E-state index is 0.467. The van der Waals surface area contributed by atoms with Crippen molar-refractivity contribution >= 4 is 5.69 Å². The maximum atomic E-state index is 8.73. The lowest BCUT2D eigenvalue weighted by molar-refractivity contribution is 0.304. The molecule has 0 unspecified atom stereocenters. The summed E-state index contributed by atoms with van der Waals surface area (Å²) in [5.41, 5.74) is 10.4. The van der Waals surface area contributed by atoms with Gasteiger partial charge in [0.15, 0.2) is 0 Å². The van der Waals surface area contributed by atoms with Crippen LogP contribution in [0.5, 0.6) is 5.75 Å². The first-order valence-corrected chi connectivity index (χ1v) is 6.08. The van der Waals surface area contributed by atoms with E-state index in [2.05, 4.69) is 6.07 Å². The number of rotatable bonds is 3. The SMILES string of the molecule is Cc1cc(C)c(OCc2ccc(C#N)cc2)cc1N. The van der Waals surface area contributed by atoms with E-state index in [1.54, 1.807) is 12.1 Å². The van der Waals surface area contributed by atoms with E-state index in [0.717, 1.165) is 28.1 Å². The summed E-state index contributed by atoms with van der Waals surface area (Å²) in [5.74, 6) is 0.799. The summed E-state index contributed by atoms with van der Waals surface area (Å²) < 4.78 is 5.77. The van der Waals surface area contributed by atoms with Crippen LogP contribution in [0.15, 0.2) is 36.4 Å². The van der Waals surface area contributed by atoms with E-state index in [9.17, 15) is 0 Å². The molecule has 3 nitrogen and oxygen atoms in total. The second-order valence-corrected chi connectivity index (χ2v) is 4.57. The van der Waals surface area contributed by atoms with Gasteiger partial charge in [-0.1, -0.05) is 18.2 Å². The Bertz CT molecular complexity index is 624. The zero-order valence-corrected chi connectivity index (χ0v) is 11.1. The quantitative estimate of drug-likeness (QED) is 0.852. The second kappa shape index (κ2) is 5.45. The third kappa shape index (κ3) is 3.05. The number of anilines is 1. The van der Waals surface area contributed by atoms with Crippen LogP contribution < -0.4 is 10.5 Å². The highest BCUT2D eigenvalue weighted by Crippen LogP contribution is 2.25. The highest BCUT2D eigenvalue weighted by atomic mass is 16.5. The Morgan fingerprint density at radius 3 is 2.42 bits per heavy atom. The van der Waals surface area contributed by atoms with Crippen LogP contribution in [0.1, 0.15) is 22.3 Å². The molecule has 2 aromatic rings. The molecular weight excluding hydrogens is 236 g/mol. The van der Waals surface area contributed by atoms with Crippen molar-refractivity contribution in [3.05, 3.63) is 58.7 Å². The van der Waals surface area contributed by atoms with Crippen molar-refractivity contribution in [1.29, 1.82) is 5.26 Å². The van der Waals surface area contributed by atoms with Crippen molar-refractivity contribution in [2.45, 2.75) is 20.5 Å². The highest BCUT2D eigenvalue weighted by molar-refractivity contribution is 5.54. The molecule has 2 rings (SSSR count). The molecule has 0 spiro atoms. The average Bonchev–Trinajstić information content (AvgIpc) is 2.42. The molecule has 2 aromatic carbocycles. The van der Waals surface area contributed by atoms with Gasteiger partial charge in [-0.3, -0.25) is 0 Å². The summed E-state index contributed by atoms with van der Waals surface area (Å²) in [4.78, 5) is 0. The monoisotopic (exact) mass is 252 g/mol. The van der Waals surface area contributed by atoms with Crippen LogP contribution in [-0.2, 0) is 6.61 Å². The first-order valence-electron chi connectivity index (χ1n) is 6.08. The van der Waals surface area contributed by atoms with Crippen LogP contribution in [0.4, 0.5) is 5.69 Å². The summed E-state index contributed by atoms with van der Waals surface area (Å²) in [7, 11) is 0. The van der Waals surface area contributed by atoms with Gasteiger partial charge < -0.3 is 10.5 Å². The number of hydrogen-bond donors (Lipinski definition) is 1. The highest BCUT2D eigenvalue weighted by Gasteiger charge is 2.04. The van der Waals surface area contributed by atoms with Gasteiger partial charge in [0.2, 0.25) is 0 Å². The van der Waals surface area contributed by atoms with Crippen molar-refractivity contribution in [2.24, 2.45) is 0 Å². The van der Waals surface area contributed by atoms with Gasteiger partial charge in [0, 0.05) is 11.8 Å². The molecule has 0 aliphatic rings. The third-order valence-corrected chi connectivity index (χ3v) is 3.04. The molecular formula is C16H16N2O. The second-order valence-electron chi connectivity index (χ2n) is 4.57. The van der Waals surface area contributed by atoms with Crippen molar-refractivity contribution in [3.8, 4) is 11.8 Å². The molecule has 0 aliphatic heterocycles. The van der Waals surface area contributed by atoms with Crippen molar-refractivity contribution in [1.82, 2.24) is 0 Å². The van der Waals surface area contributed by atoms with Gasteiger partial charge in [-0.25, -0.2) is 0 Å². The zero-order chi connectivity index (χ0) is 13.8. The number of ether oxygens (including phenoxy) is 1. The Balaban J connectivity index is 2.10. The number of nitriles is 1. The van der Waals surface area contributed by atoms with Gasteiger partial charge in [0.05, 0.1) is 11.6 Å². The van der Waals surface area contributed by atoms with E-state index in [1.807, 2.05) is 38.1 Å². The third-order valence-electron chi connectivity index (χ3n) is 3.04. The maximum Gasteiger partial charge on any atom is 0.124 e. The summed E-state index contributed by atoms with van der Waals surface area (Å²) in [6.07, 6.45) is 0. The van der Waals surface area contributed by atoms with Crippen LogP contribution >= 0.6 is 0 Å². The van der Waals surface area contributed by atoms with Gasteiger partial charge >= 0.3 is 0 Å². The number of nitrogen functional groups attached to an aromatic ring is 1. The summed E-state index contributed by atoms with van der Waals surface area (Å²) in [6.45, 7) is 4.45. The van der Waals surface area contributed by atoms with E-state index >= 15 is 0 Å². The largest absolute Gasteiger partial charge is 0.489 e. The number of benzene rings is 2. The smallest absolute Gasteiger partial charge is 0.124 e. The Morgan fingerprint density at radius 2 is 1.79 bits per heavy atom. The fraction of sp³-hybridized carbons (Fsp3) is 0.188. The molecule has 0 aliphatic carbocycles. The molecule has 0 amide bonds. The lowest BCUT2D eigenvalue weighted by Gasteiger charge is -2.11. The summed E-state index contributed by atoms with van der Waals surface area (Å²) in [5, 5.41) is 8.73. The summed E-state index contributed by atoms with van der Waals surface area (Å²) >= 11 is 0. The van der Waals surface area contributed by atoms with Crippen molar-refractivity contribution in [2.75, 3.05) is 5.73 Å². The van der Waals surface area contributed by atoms with E-state index < -0.39 is 0 Å². The molecule has 0 radical (unpaired) electrons. The fourth-order valence-corrected chi connectivity index (χ4v) is 1.84. The molecule has 0 atom stereocenters. The number of nitrogens with two attached hydrogens (primary N) is 1. The van der Waals surface area contributed by atoms with Crippen molar-refractivity contribution in [3.63, 3.8) is 0 Å². The van der Waals surface area contributed by atoms with Gasteiger partial charge in [0.1, 0.15) is 12.4 Å². The molecule has 0 bridgehead atoms. The molecule has 0 fully saturated rings. The van der Waals surface area contributed by atoms with E-state index in [0.29, 0.717) is 12.2 Å². The first-order chi connectivity index (χ1) is 9.10. The molecule has 0 saturated heterocycles. The molecule has 0 aromatic heterocycles. The predicted octanol–water partition coefficient (Wildman–Crippen LogP) is 3.34. The topological polar surface area (TPSA) is 59.0 Å². The maximum absolute atomic E-state index is 8.73. The average molecular weight is 252 g/mol. The Hall–Kier alpha value is -2.47. The van der Waals surface area contributed by atoms with E-state index in [-0.39, 0.29) is 0 Å². The Kier molecular flexibility index (Phi) is 3.72. The number of nitrogens with zero attached hydrogens (tertiary/aromatic N) is 1. The predicted molar refractivity (Wildman–Crippen MR) is 75.8 cm³/mol. The molecule has 0 saturated carbocycles. The molecule has 96 valence electrons. The van der Waals surface area contributed by atoms with Crippen molar-refractivity contribution < 1.29 is 4.74 Å². The van der Waals surface area contributed by atoms with Crippen LogP contribution in [-0.4, -0.2) is 0 Å². The number of hydrogen-bond acceptors (Lipinski definition) is 3. The van der Waals surface area contributed by atoms with Gasteiger partial charge in [0.25, 0.3) is 0 Å². The standard InChI is InChI=1S/C16H16N2O/c1-11-7-12(2)16(8-15(11)18)19-10-14-5-3-13(9-17)4-6-14/h3-8H,10,18H2,1-2H3. The Morgan fingerprint density at radius 1 is 1.11 bits per heavy atom. The van der Waals surface area contributed by atoms with Crippen LogP contribution in [0.2, 0.25) is 0 Å². The lowest BCUT2D eigenvalue weighted by Crippen LogP contribution is -1.99. The van der Waals surface area contributed by atoms with E-state index in [4.69, 9.17) is 15.7 Å². The van der Waals surface area contributed by atoms with Gasteiger partial charge in [-0.05, 0) is 42.7 Å². The normalized spacial score (nSPS) is 9.95. The summed E-state index contributed by atoms with van der Waals surface area (Å²) in [6, 6.07) is 13.3. The van der Waals surface area contributed by atoms with Gasteiger partial charge in [-0.15, -0.1) is 0 Å². The molecule has 0 heterocycles. The van der Waals surface area contributed by atoms with Crippen LogP contribution in [0.3, 0.4) is 0 Å². The number of aryl methyl sites for hydroxylation is 2. The van der Waals surface area contributed by atoms with Gasteiger partial charge in [-0.2, -0.15) is 5.26 Å². The van der Waals surface area contributed by atoms with Crippen LogP contribution in [0.25, 0.3) is 0 Å². The minimum Gasteiger partial charge on any atom is -0.489 e. The first kappa shape index (κ1) is 13.0. The molecule has 3 heteroatoms. The fourth-order valence-electron chi connectivity index (χ4n) is 1.84. The lowest BCUT2D eigenvalue weighted by atomic mass is 10.1.